The lowest BCUT2D eigenvalue weighted by molar-refractivity contribution is -0.129. The molecule has 0 aromatic carbocycles. The Bertz CT molecular complexity index is 262. The van der Waals surface area contributed by atoms with E-state index in [4.69, 9.17) is 0 Å². The molecule has 0 amide bonds. The molecular formula is C14H25NO. The van der Waals surface area contributed by atoms with Crippen LogP contribution in [0, 0.1) is 0 Å². The average Bonchev–Trinajstić information content (AvgIpc) is 2.29. The molecule has 0 radical (unpaired) electrons. The molecule has 0 bridgehead atoms. The summed E-state index contributed by atoms with van der Waals surface area (Å²) in [5, 5.41) is 0. The maximum atomic E-state index is 12.2. The van der Waals surface area contributed by atoms with E-state index in [0.717, 1.165) is 25.1 Å². The quantitative estimate of drug-likeness (QED) is 0.667. The number of rotatable bonds is 5. The van der Waals surface area contributed by atoms with E-state index in [-0.39, 0.29) is 5.54 Å². The van der Waals surface area contributed by atoms with Crippen molar-refractivity contribution in [1.29, 1.82) is 0 Å². The second-order valence-corrected chi connectivity index (χ2v) is 5.31. The first-order chi connectivity index (χ1) is 7.48. The van der Waals surface area contributed by atoms with E-state index in [1.165, 1.54) is 19.3 Å². The summed E-state index contributed by atoms with van der Waals surface area (Å²) in [7, 11) is 0. The molecule has 1 heterocycles. The van der Waals surface area contributed by atoms with Gasteiger partial charge in [-0.1, -0.05) is 25.5 Å². The Hall–Kier alpha value is -0.630. The highest BCUT2D eigenvalue weighted by atomic mass is 16.1. The van der Waals surface area contributed by atoms with Gasteiger partial charge in [0.1, 0.15) is 0 Å². The first-order valence-electron chi connectivity index (χ1n) is 6.43. The number of Topliss-reactive ketones (excluding diaryl/α,β-unsaturated/α-hetero) is 1. The summed E-state index contributed by atoms with van der Waals surface area (Å²) in [6, 6.07) is 0. The van der Waals surface area contributed by atoms with Gasteiger partial charge in [-0.15, -0.1) is 0 Å². The average molecular weight is 223 g/mol. The molecule has 1 fully saturated rings. The molecule has 1 aliphatic heterocycles. The van der Waals surface area contributed by atoms with Gasteiger partial charge in [-0.05, 0) is 46.2 Å². The summed E-state index contributed by atoms with van der Waals surface area (Å²) in [5.41, 5.74) is 0.744. The minimum Gasteiger partial charge on any atom is -0.297 e. The van der Waals surface area contributed by atoms with Crippen molar-refractivity contribution in [3.63, 3.8) is 0 Å². The number of likely N-dealkylation sites (tertiary alicyclic amines) is 1. The van der Waals surface area contributed by atoms with Crippen LogP contribution in [0.25, 0.3) is 0 Å². The Morgan fingerprint density at radius 2 is 1.81 bits per heavy atom. The zero-order valence-corrected chi connectivity index (χ0v) is 11.0. The van der Waals surface area contributed by atoms with Crippen LogP contribution in [-0.4, -0.2) is 29.3 Å². The summed E-state index contributed by atoms with van der Waals surface area (Å²) in [4.78, 5) is 14.6. The molecule has 0 atom stereocenters. The SMILES string of the molecule is C=C(CC)CC(=O)C(C)(C)N1CCCCC1. The van der Waals surface area contributed by atoms with Gasteiger partial charge in [0, 0.05) is 6.42 Å². The highest BCUT2D eigenvalue weighted by Crippen LogP contribution is 2.24. The molecule has 1 rings (SSSR count). The van der Waals surface area contributed by atoms with E-state index in [1.807, 2.05) is 0 Å². The van der Waals surface area contributed by atoms with Crippen molar-refractivity contribution in [2.45, 2.75) is 58.4 Å². The van der Waals surface area contributed by atoms with Crippen LogP contribution in [0.15, 0.2) is 12.2 Å². The third-order valence-corrected chi connectivity index (χ3v) is 3.74. The van der Waals surface area contributed by atoms with Crippen LogP contribution in [0.4, 0.5) is 0 Å². The number of hydrogen-bond acceptors (Lipinski definition) is 2. The topological polar surface area (TPSA) is 20.3 Å². The Balaban J connectivity index is 2.60. The molecule has 1 saturated heterocycles. The summed E-state index contributed by atoms with van der Waals surface area (Å²) >= 11 is 0. The third kappa shape index (κ3) is 3.18. The van der Waals surface area contributed by atoms with Crippen molar-refractivity contribution in [3.05, 3.63) is 12.2 Å². The molecule has 16 heavy (non-hydrogen) atoms. The summed E-state index contributed by atoms with van der Waals surface area (Å²) < 4.78 is 0. The Morgan fingerprint density at radius 3 is 2.31 bits per heavy atom. The first kappa shape index (κ1) is 13.4. The lowest BCUT2D eigenvalue weighted by Crippen LogP contribution is -2.52. The lowest BCUT2D eigenvalue weighted by atomic mass is 9.89. The van der Waals surface area contributed by atoms with Gasteiger partial charge in [0.2, 0.25) is 0 Å². The minimum atomic E-state index is -0.307. The minimum absolute atomic E-state index is 0.307. The van der Waals surface area contributed by atoms with Crippen LogP contribution >= 0.6 is 0 Å². The molecule has 0 aromatic heterocycles. The van der Waals surface area contributed by atoms with E-state index in [1.54, 1.807) is 0 Å². The van der Waals surface area contributed by atoms with Gasteiger partial charge in [-0.3, -0.25) is 9.69 Å². The molecule has 0 N–H and O–H groups in total. The third-order valence-electron chi connectivity index (χ3n) is 3.74. The number of allylic oxidation sites excluding steroid dienone is 1. The largest absolute Gasteiger partial charge is 0.297 e. The number of carbonyl (C=O) groups excluding carboxylic acids is 1. The van der Waals surface area contributed by atoms with E-state index in [0.29, 0.717) is 12.2 Å². The van der Waals surface area contributed by atoms with Crippen LogP contribution in [0.2, 0.25) is 0 Å². The van der Waals surface area contributed by atoms with E-state index < -0.39 is 0 Å². The van der Waals surface area contributed by atoms with Crippen molar-refractivity contribution in [2.75, 3.05) is 13.1 Å². The predicted molar refractivity (Wildman–Crippen MR) is 68.6 cm³/mol. The van der Waals surface area contributed by atoms with Gasteiger partial charge in [-0.2, -0.15) is 0 Å². The molecule has 0 spiro atoms. The van der Waals surface area contributed by atoms with Crippen LogP contribution < -0.4 is 0 Å². The Labute approximate surface area is 99.7 Å². The summed E-state index contributed by atoms with van der Waals surface area (Å²) in [5.74, 6) is 0.321. The molecule has 2 nitrogen and oxygen atoms in total. The number of carbonyl (C=O) groups is 1. The van der Waals surface area contributed by atoms with Crippen LogP contribution in [0.3, 0.4) is 0 Å². The maximum Gasteiger partial charge on any atom is 0.156 e. The molecule has 92 valence electrons. The smallest absolute Gasteiger partial charge is 0.156 e. The van der Waals surface area contributed by atoms with E-state index >= 15 is 0 Å². The van der Waals surface area contributed by atoms with Crippen molar-refractivity contribution in [1.82, 2.24) is 4.90 Å². The number of ketones is 1. The van der Waals surface area contributed by atoms with Crippen molar-refractivity contribution in [2.24, 2.45) is 0 Å². The molecule has 1 aliphatic rings. The van der Waals surface area contributed by atoms with E-state index in [2.05, 4.69) is 32.3 Å². The highest BCUT2D eigenvalue weighted by molar-refractivity contribution is 5.89. The van der Waals surface area contributed by atoms with Gasteiger partial charge in [0.05, 0.1) is 5.54 Å². The fourth-order valence-electron chi connectivity index (χ4n) is 2.20. The molecular weight excluding hydrogens is 198 g/mol. The molecule has 0 aromatic rings. The normalized spacial score (nSPS) is 18.4. The standard InChI is InChI=1S/C14H25NO/c1-5-12(2)11-13(16)14(3,4)15-9-7-6-8-10-15/h2,5-11H2,1,3-4H3. The second kappa shape index (κ2) is 5.62. The van der Waals surface area contributed by atoms with Crippen molar-refractivity contribution in [3.8, 4) is 0 Å². The molecule has 0 aliphatic carbocycles. The Kier molecular flexibility index (Phi) is 4.72. The molecule has 0 saturated carbocycles. The van der Waals surface area contributed by atoms with Crippen molar-refractivity contribution >= 4 is 5.78 Å². The number of piperidine rings is 1. The van der Waals surface area contributed by atoms with Crippen LogP contribution in [0.5, 0.6) is 0 Å². The van der Waals surface area contributed by atoms with E-state index in [9.17, 15) is 4.79 Å². The van der Waals surface area contributed by atoms with Gasteiger partial charge in [0.15, 0.2) is 5.78 Å². The monoisotopic (exact) mass is 223 g/mol. The summed E-state index contributed by atoms with van der Waals surface area (Å²) in [6.07, 6.45) is 5.21. The fourth-order valence-corrected chi connectivity index (χ4v) is 2.20. The predicted octanol–water partition coefficient (Wildman–Crippen LogP) is 3.18. The first-order valence-corrected chi connectivity index (χ1v) is 6.43. The van der Waals surface area contributed by atoms with Crippen LogP contribution in [-0.2, 0) is 4.79 Å². The van der Waals surface area contributed by atoms with Crippen LogP contribution in [0.1, 0.15) is 52.9 Å². The number of nitrogens with zero attached hydrogens (tertiary/aromatic N) is 1. The van der Waals surface area contributed by atoms with Crippen molar-refractivity contribution < 1.29 is 4.79 Å². The van der Waals surface area contributed by atoms with Gasteiger partial charge in [0.25, 0.3) is 0 Å². The zero-order valence-electron chi connectivity index (χ0n) is 11.0. The second-order valence-electron chi connectivity index (χ2n) is 5.31. The molecule has 0 unspecified atom stereocenters. The zero-order chi connectivity index (χ0) is 12.2. The van der Waals surface area contributed by atoms with Gasteiger partial charge < -0.3 is 0 Å². The Morgan fingerprint density at radius 1 is 1.25 bits per heavy atom. The summed E-state index contributed by atoms with van der Waals surface area (Å²) in [6.45, 7) is 12.2. The highest BCUT2D eigenvalue weighted by Gasteiger charge is 2.34. The van der Waals surface area contributed by atoms with Gasteiger partial charge in [-0.25, -0.2) is 0 Å². The maximum absolute atomic E-state index is 12.2. The molecule has 2 heteroatoms. The fraction of sp³-hybridized carbons (Fsp3) is 0.786. The number of hydrogen-bond donors (Lipinski definition) is 0. The van der Waals surface area contributed by atoms with Gasteiger partial charge >= 0.3 is 0 Å². The lowest BCUT2D eigenvalue weighted by Gasteiger charge is -2.40.